The second-order valence-electron chi connectivity index (χ2n) is 6.94. The molecule has 0 fully saturated rings. The Morgan fingerprint density at radius 1 is 1.07 bits per heavy atom. The Hall–Kier alpha value is -3.29. The van der Waals surface area contributed by atoms with Gasteiger partial charge in [-0.25, -0.2) is 0 Å². The van der Waals surface area contributed by atoms with E-state index < -0.39 is 0 Å². The summed E-state index contributed by atoms with van der Waals surface area (Å²) in [5.74, 6) is 0.831. The Balaban J connectivity index is 1.87. The quantitative estimate of drug-likeness (QED) is 0.890. The van der Waals surface area contributed by atoms with E-state index in [4.69, 9.17) is 10.5 Å². The summed E-state index contributed by atoms with van der Waals surface area (Å²) in [5.41, 5.74) is 11.0. The van der Waals surface area contributed by atoms with E-state index in [-0.39, 0.29) is 11.8 Å². The Bertz CT molecular complexity index is 981. The highest BCUT2D eigenvalue weighted by molar-refractivity contribution is 5.62. The highest BCUT2D eigenvalue weighted by Gasteiger charge is 2.36. The predicted octanol–water partition coefficient (Wildman–Crippen LogP) is 3.78. The number of nitrogens with two attached hydrogens (primary N) is 1. The summed E-state index contributed by atoms with van der Waals surface area (Å²) in [5, 5.41) is 9.73. The van der Waals surface area contributed by atoms with Gasteiger partial charge in [0.2, 0.25) is 5.88 Å². The van der Waals surface area contributed by atoms with Gasteiger partial charge < -0.3 is 10.5 Å². The fourth-order valence-corrected chi connectivity index (χ4v) is 3.82. The first kappa shape index (κ1) is 17.1. The fourth-order valence-electron chi connectivity index (χ4n) is 3.82. The lowest BCUT2D eigenvalue weighted by molar-refractivity contribution is 0.251. The number of nitriles is 1. The molecule has 2 aromatic rings. The van der Waals surface area contributed by atoms with Crippen LogP contribution in [0, 0.1) is 11.3 Å². The standard InChI is InChI=1S/C23H21N3O/c1-26-14-18(12-16-8-4-2-5-9-16)22-20(15-26)21(17-10-6-3-7-11-17)19(13-24)23(25)27-22/h2-12,21H,14-15,25H2,1H3. The molecule has 2 N–H and O–H groups in total. The molecular formula is C23H21N3O. The van der Waals surface area contributed by atoms with Crippen molar-refractivity contribution in [1.82, 2.24) is 4.90 Å². The third kappa shape index (κ3) is 3.25. The van der Waals surface area contributed by atoms with E-state index in [0.717, 1.165) is 41.1 Å². The number of hydrogen-bond acceptors (Lipinski definition) is 4. The van der Waals surface area contributed by atoms with Gasteiger partial charge in [-0.3, -0.25) is 4.90 Å². The lowest BCUT2D eigenvalue weighted by atomic mass is 9.80. The molecule has 0 radical (unpaired) electrons. The maximum absolute atomic E-state index is 9.73. The fraction of sp³-hybridized carbons (Fsp3) is 0.174. The van der Waals surface area contributed by atoms with Crippen molar-refractivity contribution in [3.63, 3.8) is 0 Å². The maximum atomic E-state index is 9.73. The third-order valence-corrected chi connectivity index (χ3v) is 4.97. The molecule has 0 amide bonds. The van der Waals surface area contributed by atoms with E-state index in [1.165, 1.54) is 0 Å². The summed E-state index contributed by atoms with van der Waals surface area (Å²) >= 11 is 0. The Morgan fingerprint density at radius 3 is 2.41 bits per heavy atom. The van der Waals surface area contributed by atoms with Gasteiger partial charge in [-0.2, -0.15) is 5.26 Å². The molecule has 0 saturated carbocycles. The molecule has 134 valence electrons. The number of benzene rings is 2. The minimum absolute atomic E-state index is 0.179. The van der Waals surface area contributed by atoms with Crippen LogP contribution in [0.5, 0.6) is 0 Å². The molecule has 4 nitrogen and oxygen atoms in total. The third-order valence-electron chi connectivity index (χ3n) is 4.97. The first-order valence-electron chi connectivity index (χ1n) is 8.97. The summed E-state index contributed by atoms with van der Waals surface area (Å²) in [6, 6.07) is 22.5. The molecule has 2 aliphatic heterocycles. The van der Waals surface area contributed by atoms with Gasteiger partial charge in [-0.05, 0) is 29.8 Å². The summed E-state index contributed by atoms with van der Waals surface area (Å²) < 4.78 is 6.00. The number of hydrogen-bond donors (Lipinski definition) is 1. The van der Waals surface area contributed by atoms with Crippen molar-refractivity contribution in [1.29, 1.82) is 5.26 Å². The number of allylic oxidation sites excluding steroid dienone is 1. The van der Waals surface area contributed by atoms with Gasteiger partial charge in [0.05, 0.1) is 5.92 Å². The highest BCUT2D eigenvalue weighted by atomic mass is 16.5. The van der Waals surface area contributed by atoms with Crippen LogP contribution in [0.3, 0.4) is 0 Å². The molecule has 0 spiro atoms. The van der Waals surface area contributed by atoms with Crippen LogP contribution >= 0.6 is 0 Å². The summed E-state index contributed by atoms with van der Waals surface area (Å²) in [4.78, 5) is 2.24. The molecule has 2 aliphatic rings. The average molecular weight is 355 g/mol. The second-order valence-corrected chi connectivity index (χ2v) is 6.94. The van der Waals surface area contributed by atoms with Gasteiger partial charge in [0.1, 0.15) is 17.4 Å². The molecule has 1 unspecified atom stereocenters. The second kappa shape index (κ2) is 7.14. The van der Waals surface area contributed by atoms with Crippen LogP contribution in [0.25, 0.3) is 6.08 Å². The van der Waals surface area contributed by atoms with E-state index in [0.29, 0.717) is 5.57 Å². The molecule has 27 heavy (non-hydrogen) atoms. The summed E-state index contributed by atoms with van der Waals surface area (Å²) in [6.45, 7) is 1.50. The van der Waals surface area contributed by atoms with Gasteiger partial charge >= 0.3 is 0 Å². The van der Waals surface area contributed by atoms with Crippen LogP contribution in [0.15, 0.2) is 89.0 Å². The van der Waals surface area contributed by atoms with Gasteiger partial charge in [0, 0.05) is 18.7 Å². The number of nitrogens with zero attached hydrogens (tertiary/aromatic N) is 2. The Kier molecular flexibility index (Phi) is 4.53. The predicted molar refractivity (Wildman–Crippen MR) is 106 cm³/mol. The van der Waals surface area contributed by atoms with Gasteiger partial charge in [0.25, 0.3) is 0 Å². The van der Waals surface area contributed by atoms with Crippen molar-refractivity contribution in [2.45, 2.75) is 5.92 Å². The highest BCUT2D eigenvalue weighted by Crippen LogP contribution is 2.43. The van der Waals surface area contributed by atoms with E-state index in [9.17, 15) is 5.26 Å². The number of likely N-dealkylation sites (N-methyl/N-ethyl adjacent to an activating group) is 1. The van der Waals surface area contributed by atoms with Crippen LogP contribution in [-0.2, 0) is 4.74 Å². The largest absolute Gasteiger partial charge is 0.440 e. The summed E-state index contributed by atoms with van der Waals surface area (Å²) in [7, 11) is 2.08. The minimum atomic E-state index is -0.179. The van der Waals surface area contributed by atoms with Crippen LogP contribution in [0.4, 0.5) is 0 Å². The van der Waals surface area contributed by atoms with Crippen LogP contribution in [-0.4, -0.2) is 25.0 Å². The molecular weight excluding hydrogens is 334 g/mol. The van der Waals surface area contributed by atoms with Crippen LogP contribution < -0.4 is 5.73 Å². The zero-order valence-electron chi connectivity index (χ0n) is 15.2. The Morgan fingerprint density at radius 2 is 1.74 bits per heavy atom. The monoisotopic (exact) mass is 355 g/mol. The van der Waals surface area contributed by atoms with E-state index in [1.807, 2.05) is 48.5 Å². The molecule has 4 rings (SSSR count). The van der Waals surface area contributed by atoms with Gasteiger partial charge in [-0.1, -0.05) is 60.7 Å². The Labute approximate surface area is 159 Å². The smallest absolute Gasteiger partial charge is 0.205 e. The molecule has 0 aliphatic carbocycles. The normalized spacial score (nSPS) is 21.6. The van der Waals surface area contributed by atoms with Crippen molar-refractivity contribution in [2.24, 2.45) is 5.73 Å². The number of ether oxygens (including phenoxy) is 1. The molecule has 0 aromatic heterocycles. The van der Waals surface area contributed by atoms with Crippen molar-refractivity contribution in [2.75, 3.05) is 20.1 Å². The first-order chi connectivity index (χ1) is 13.2. The van der Waals surface area contributed by atoms with Crippen LogP contribution in [0.1, 0.15) is 17.0 Å². The molecule has 4 heteroatoms. The van der Waals surface area contributed by atoms with Crippen molar-refractivity contribution in [3.8, 4) is 6.07 Å². The first-order valence-corrected chi connectivity index (χ1v) is 8.97. The van der Waals surface area contributed by atoms with Crippen molar-refractivity contribution < 1.29 is 4.74 Å². The summed E-state index contributed by atoms with van der Waals surface area (Å²) in [6.07, 6.45) is 2.14. The lowest BCUT2D eigenvalue weighted by Crippen LogP contribution is -2.35. The van der Waals surface area contributed by atoms with E-state index in [2.05, 4.69) is 36.2 Å². The number of rotatable bonds is 2. The lowest BCUT2D eigenvalue weighted by Gasteiger charge is -2.36. The van der Waals surface area contributed by atoms with Crippen LogP contribution in [0.2, 0.25) is 0 Å². The minimum Gasteiger partial charge on any atom is -0.440 e. The zero-order valence-corrected chi connectivity index (χ0v) is 15.2. The molecule has 0 saturated heterocycles. The van der Waals surface area contributed by atoms with E-state index in [1.54, 1.807) is 0 Å². The average Bonchev–Trinajstić information content (AvgIpc) is 2.69. The van der Waals surface area contributed by atoms with Gasteiger partial charge in [-0.15, -0.1) is 0 Å². The molecule has 0 bridgehead atoms. The maximum Gasteiger partial charge on any atom is 0.205 e. The molecule has 2 heterocycles. The molecule has 2 aromatic carbocycles. The topological polar surface area (TPSA) is 62.3 Å². The van der Waals surface area contributed by atoms with Crippen molar-refractivity contribution >= 4 is 6.08 Å². The SMILES string of the molecule is CN1CC(=Cc2ccccc2)C2=C(C1)C(c1ccccc1)C(C#N)=C(N)O2. The van der Waals surface area contributed by atoms with Crippen molar-refractivity contribution in [3.05, 3.63) is 100 Å². The van der Waals surface area contributed by atoms with Gasteiger partial charge in [0.15, 0.2) is 0 Å². The van der Waals surface area contributed by atoms with E-state index >= 15 is 0 Å². The zero-order chi connectivity index (χ0) is 18.8. The molecule has 1 atom stereocenters.